The number of benzene rings is 1. The van der Waals surface area contributed by atoms with Gasteiger partial charge in [0.05, 0.1) is 17.5 Å². The van der Waals surface area contributed by atoms with Gasteiger partial charge in [0.1, 0.15) is 23.7 Å². The molecule has 0 unspecified atom stereocenters. The topological polar surface area (TPSA) is 121 Å². The van der Waals surface area contributed by atoms with E-state index in [9.17, 15) is 8.42 Å². The van der Waals surface area contributed by atoms with Crippen molar-refractivity contribution in [3.63, 3.8) is 0 Å². The van der Waals surface area contributed by atoms with Crippen LogP contribution in [0.1, 0.15) is 30.4 Å². The Hall–Kier alpha value is -2.69. The molecule has 10 heteroatoms. The highest BCUT2D eigenvalue weighted by atomic mass is 32.2. The monoisotopic (exact) mass is 447 g/mol. The van der Waals surface area contributed by atoms with E-state index in [1.807, 2.05) is 25.3 Å². The zero-order valence-corrected chi connectivity index (χ0v) is 19.1. The Labute approximate surface area is 182 Å². The number of sulfonamides is 1. The van der Waals surface area contributed by atoms with Crippen LogP contribution in [-0.2, 0) is 27.9 Å². The van der Waals surface area contributed by atoms with Gasteiger partial charge in [-0.15, -0.1) is 0 Å². The number of aromatic nitrogens is 3. The van der Waals surface area contributed by atoms with Crippen LogP contribution in [0.3, 0.4) is 0 Å². The van der Waals surface area contributed by atoms with Crippen molar-refractivity contribution in [2.24, 2.45) is 0 Å². The molecule has 0 aliphatic rings. The van der Waals surface area contributed by atoms with Crippen molar-refractivity contribution < 1.29 is 17.9 Å². The molecule has 0 saturated heterocycles. The van der Waals surface area contributed by atoms with Crippen LogP contribution in [0.5, 0.6) is 5.75 Å². The molecule has 9 nitrogen and oxygen atoms in total. The van der Waals surface area contributed by atoms with E-state index >= 15 is 0 Å². The number of nitrogens with two attached hydrogens (primary N) is 1. The number of pyridine rings is 1. The van der Waals surface area contributed by atoms with E-state index in [4.69, 9.17) is 15.2 Å². The fourth-order valence-corrected chi connectivity index (χ4v) is 4.45. The SMILES string of the molecule is CCOCc1nc2c(N)nc(C)c(C)c2n1CCCNS(=O)(=O)c1ccc(OC)cc1. The van der Waals surface area contributed by atoms with Crippen molar-refractivity contribution in [1.82, 2.24) is 19.3 Å². The first kappa shape index (κ1) is 23.0. The summed E-state index contributed by atoms with van der Waals surface area (Å²) in [6.07, 6.45) is 0.570. The van der Waals surface area contributed by atoms with Gasteiger partial charge < -0.3 is 19.8 Å². The van der Waals surface area contributed by atoms with Gasteiger partial charge in [0.2, 0.25) is 10.0 Å². The summed E-state index contributed by atoms with van der Waals surface area (Å²) in [4.78, 5) is 9.21. The van der Waals surface area contributed by atoms with Gasteiger partial charge in [-0.3, -0.25) is 0 Å². The molecule has 0 atom stereocenters. The predicted molar refractivity (Wildman–Crippen MR) is 120 cm³/mol. The molecule has 0 aliphatic carbocycles. The number of aryl methyl sites for hydroxylation is 3. The van der Waals surface area contributed by atoms with Gasteiger partial charge in [-0.05, 0) is 57.0 Å². The first-order valence-electron chi connectivity index (χ1n) is 10.1. The average Bonchev–Trinajstić information content (AvgIpc) is 3.12. The summed E-state index contributed by atoms with van der Waals surface area (Å²) < 4.78 is 40.4. The summed E-state index contributed by atoms with van der Waals surface area (Å²) in [6, 6.07) is 6.28. The fraction of sp³-hybridized carbons (Fsp3) is 0.429. The van der Waals surface area contributed by atoms with E-state index in [1.54, 1.807) is 12.1 Å². The van der Waals surface area contributed by atoms with Gasteiger partial charge in [0, 0.05) is 25.4 Å². The van der Waals surface area contributed by atoms with Gasteiger partial charge >= 0.3 is 0 Å². The lowest BCUT2D eigenvalue weighted by Gasteiger charge is -2.12. The third-order valence-electron chi connectivity index (χ3n) is 5.13. The molecule has 2 aromatic heterocycles. The van der Waals surface area contributed by atoms with E-state index in [2.05, 4.69) is 14.7 Å². The predicted octanol–water partition coefficient (Wildman–Crippen LogP) is 2.54. The number of imidazole rings is 1. The number of hydrogen-bond acceptors (Lipinski definition) is 7. The zero-order valence-electron chi connectivity index (χ0n) is 18.3. The fourth-order valence-electron chi connectivity index (χ4n) is 3.37. The minimum Gasteiger partial charge on any atom is -0.497 e. The molecule has 0 saturated carbocycles. The van der Waals surface area contributed by atoms with Gasteiger partial charge in [-0.25, -0.2) is 23.1 Å². The van der Waals surface area contributed by atoms with Crippen LogP contribution in [0.15, 0.2) is 29.2 Å². The van der Waals surface area contributed by atoms with Crippen molar-refractivity contribution in [3.05, 3.63) is 41.3 Å². The lowest BCUT2D eigenvalue weighted by Crippen LogP contribution is -2.25. The van der Waals surface area contributed by atoms with Crippen LogP contribution in [0.25, 0.3) is 11.0 Å². The van der Waals surface area contributed by atoms with Crippen LogP contribution in [0, 0.1) is 13.8 Å². The maximum absolute atomic E-state index is 12.5. The largest absolute Gasteiger partial charge is 0.497 e. The van der Waals surface area contributed by atoms with Crippen molar-refractivity contribution in [2.75, 3.05) is 26.0 Å². The average molecular weight is 448 g/mol. The number of fused-ring (bicyclic) bond motifs is 1. The summed E-state index contributed by atoms with van der Waals surface area (Å²) in [5.41, 5.74) is 9.51. The molecule has 31 heavy (non-hydrogen) atoms. The molecule has 0 amide bonds. The maximum atomic E-state index is 12.5. The number of nitrogen functional groups attached to an aromatic ring is 1. The lowest BCUT2D eigenvalue weighted by atomic mass is 10.2. The molecule has 0 aliphatic heterocycles. The first-order chi connectivity index (χ1) is 14.8. The number of methoxy groups -OCH3 is 1. The van der Waals surface area contributed by atoms with Gasteiger partial charge in [0.15, 0.2) is 5.82 Å². The molecule has 1 aromatic carbocycles. The minimum atomic E-state index is -3.60. The molecule has 0 bridgehead atoms. The number of hydrogen-bond donors (Lipinski definition) is 2. The Morgan fingerprint density at radius 2 is 1.87 bits per heavy atom. The van der Waals surface area contributed by atoms with Crippen LogP contribution >= 0.6 is 0 Å². The maximum Gasteiger partial charge on any atom is 0.240 e. The summed E-state index contributed by atoms with van der Waals surface area (Å²) in [7, 11) is -2.06. The summed E-state index contributed by atoms with van der Waals surface area (Å²) in [6.45, 7) is 7.57. The minimum absolute atomic E-state index is 0.198. The Morgan fingerprint density at radius 3 is 2.52 bits per heavy atom. The number of rotatable bonds is 10. The molecule has 0 radical (unpaired) electrons. The van der Waals surface area contributed by atoms with Crippen LogP contribution in [-0.4, -0.2) is 43.2 Å². The van der Waals surface area contributed by atoms with E-state index in [-0.39, 0.29) is 11.4 Å². The molecular formula is C21H29N5O4S. The Balaban J connectivity index is 1.76. The van der Waals surface area contributed by atoms with Gasteiger partial charge in [-0.2, -0.15) is 0 Å². The molecule has 3 rings (SSSR count). The van der Waals surface area contributed by atoms with E-state index in [1.165, 1.54) is 19.2 Å². The zero-order chi connectivity index (χ0) is 22.6. The molecule has 0 fully saturated rings. The Morgan fingerprint density at radius 1 is 1.16 bits per heavy atom. The number of nitrogens with zero attached hydrogens (tertiary/aromatic N) is 3. The molecular weight excluding hydrogens is 418 g/mol. The van der Waals surface area contributed by atoms with Gasteiger partial charge in [0.25, 0.3) is 0 Å². The summed E-state index contributed by atoms with van der Waals surface area (Å²) in [5.74, 6) is 1.74. The highest BCUT2D eigenvalue weighted by Crippen LogP contribution is 2.26. The Bertz CT molecular complexity index is 1160. The third kappa shape index (κ3) is 4.97. The van der Waals surface area contributed by atoms with Crippen LogP contribution in [0.4, 0.5) is 5.82 Å². The highest BCUT2D eigenvalue weighted by molar-refractivity contribution is 7.89. The van der Waals surface area contributed by atoms with E-state index in [0.29, 0.717) is 43.3 Å². The highest BCUT2D eigenvalue weighted by Gasteiger charge is 2.18. The molecule has 168 valence electrons. The number of nitrogens with one attached hydrogen (secondary N) is 1. The van der Waals surface area contributed by atoms with E-state index < -0.39 is 10.0 Å². The van der Waals surface area contributed by atoms with Crippen molar-refractivity contribution >= 4 is 26.9 Å². The normalized spacial score (nSPS) is 11.9. The number of anilines is 1. The van der Waals surface area contributed by atoms with Crippen molar-refractivity contribution in [3.8, 4) is 5.75 Å². The van der Waals surface area contributed by atoms with Crippen molar-refractivity contribution in [2.45, 2.75) is 45.2 Å². The van der Waals surface area contributed by atoms with Gasteiger partial charge in [-0.1, -0.05) is 0 Å². The molecule has 0 spiro atoms. The Kier molecular flexibility index (Phi) is 7.14. The third-order valence-corrected chi connectivity index (χ3v) is 6.61. The second kappa shape index (κ2) is 9.63. The lowest BCUT2D eigenvalue weighted by molar-refractivity contribution is 0.126. The standard InChI is InChI=1S/C21H29N5O4S/c1-5-30-13-18-25-19-20(14(2)15(3)24-21(19)22)26(18)12-6-11-23-31(27,28)17-9-7-16(29-4)8-10-17/h7-10,23H,5-6,11-13H2,1-4H3,(H2,22,24). The summed E-state index contributed by atoms with van der Waals surface area (Å²) >= 11 is 0. The number of ether oxygens (including phenoxy) is 2. The smallest absolute Gasteiger partial charge is 0.240 e. The van der Waals surface area contributed by atoms with Crippen LogP contribution in [0.2, 0.25) is 0 Å². The quantitative estimate of drug-likeness (QED) is 0.458. The second-order valence-corrected chi connectivity index (χ2v) is 8.92. The summed E-state index contributed by atoms with van der Waals surface area (Å²) in [5, 5.41) is 0. The van der Waals surface area contributed by atoms with Crippen molar-refractivity contribution in [1.29, 1.82) is 0 Å². The second-order valence-electron chi connectivity index (χ2n) is 7.15. The van der Waals surface area contributed by atoms with Crippen LogP contribution < -0.4 is 15.2 Å². The van der Waals surface area contributed by atoms with E-state index in [0.717, 1.165) is 22.6 Å². The molecule has 2 heterocycles. The molecule has 3 N–H and O–H groups in total. The first-order valence-corrected chi connectivity index (χ1v) is 11.6. The molecule has 3 aromatic rings.